The zero-order chi connectivity index (χ0) is 15.9. The SMILES string of the molecule is Cc1ccc(CN(C)C(=S)NCCc2ccccc2)c(C)c1. The van der Waals surface area contributed by atoms with Gasteiger partial charge in [0, 0.05) is 20.1 Å². The van der Waals surface area contributed by atoms with E-state index in [0.717, 1.165) is 24.6 Å². The Kier molecular flexibility index (Phi) is 5.96. The Morgan fingerprint density at radius 2 is 1.82 bits per heavy atom. The van der Waals surface area contributed by atoms with Crippen molar-refractivity contribution in [1.82, 2.24) is 10.2 Å². The molecule has 2 nitrogen and oxygen atoms in total. The van der Waals surface area contributed by atoms with Gasteiger partial charge in [-0.05, 0) is 49.2 Å². The number of aryl methyl sites for hydroxylation is 2. The van der Waals surface area contributed by atoms with Gasteiger partial charge < -0.3 is 10.2 Å². The lowest BCUT2D eigenvalue weighted by Gasteiger charge is -2.22. The monoisotopic (exact) mass is 312 g/mol. The van der Waals surface area contributed by atoms with Crippen LogP contribution in [0.25, 0.3) is 0 Å². The number of hydrogen-bond acceptors (Lipinski definition) is 1. The van der Waals surface area contributed by atoms with Crippen molar-refractivity contribution in [3.63, 3.8) is 0 Å². The van der Waals surface area contributed by atoms with E-state index in [4.69, 9.17) is 12.2 Å². The summed E-state index contributed by atoms with van der Waals surface area (Å²) in [7, 11) is 2.04. The third-order valence-electron chi connectivity index (χ3n) is 3.79. The fourth-order valence-electron chi connectivity index (χ4n) is 2.44. The molecule has 0 aliphatic heterocycles. The normalized spacial score (nSPS) is 10.3. The van der Waals surface area contributed by atoms with Crippen molar-refractivity contribution < 1.29 is 0 Å². The summed E-state index contributed by atoms with van der Waals surface area (Å²) in [6, 6.07) is 17.0. The highest BCUT2D eigenvalue weighted by atomic mass is 32.1. The molecule has 0 saturated heterocycles. The Balaban J connectivity index is 1.82. The van der Waals surface area contributed by atoms with Crippen LogP contribution in [0.5, 0.6) is 0 Å². The van der Waals surface area contributed by atoms with Gasteiger partial charge in [-0.3, -0.25) is 0 Å². The summed E-state index contributed by atoms with van der Waals surface area (Å²) in [5, 5.41) is 4.14. The van der Waals surface area contributed by atoms with Crippen LogP contribution in [0, 0.1) is 13.8 Å². The molecule has 0 atom stereocenters. The molecule has 0 amide bonds. The van der Waals surface area contributed by atoms with Crippen LogP contribution in [-0.2, 0) is 13.0 Å². The Labute approximate surface area is 139 Å². The van der Waals surface area contributed by atoms with Crippen LogP contribution in [0.3, 0.4) is 0 Å². The van der Waals surface area contributed by atoms with E-state index in [2.05, 4.69) is 66.5 Å². The second-order valence-corrected chi connectivity index (χ2v) is 6.14. The maximum absolute atomic E-state index is 5.48. The molecule has 0 bridgehead atoms. The lowest BCUT2D eigenvalue weighted by molar-refractivity contribution is 0.488. The molecular weight excluding hydrogens is 288 g/mol. The van der Waals surface area contributed by atoms with Crippen molar-refractivity contribution in [3.05, 3.63) is 70.8 Å². The van der Waals surface area contributed by atoms with Crippen LogP contribution in [-0.4, -0.2) is 23.6 Å². The highest BCUT2D eigenvalue weighted by Gasteiger charge is 2.06. The first kappa shape index (κ1) is 16.5. The summed E-state index contributed by atoms with van der Waals surface area (Å²) in [5.74, 6) is 0. The molecular formula is C19H24N2S. The van der Waals surface area contributed by atoms with Crippen LogP contribution in [0.1, 0.15) is 22.3 Å². The third-order valence-corrected chi connectivity index (χ3v) is 4.24. The highest BCUT2D eigenvalue weighted by molar-refractivity contribution is 7.80. The van der Waals surface area contributed by atoms with Gasteiger partial charge in [0.15, 0.2) is 5.11 Å². The summed E-state index contributed by atoms with van der Waals surface area (Å²) in [4.78, 5) is 2.10. The summed E-state index contributed by atoms with van der Waals surface area (Å²) < 4.78 is 0. The average molecular weight is 312 g/mol. The number of rotatable bonds is 5. The maximum Gasteiger partial charge on any atom is 0.168 e. The Morgan fingerprint density at radius 3 is 2.50 bits per heavy atom. The summed E-state index contributed by atoms with van der Waals surface area (Å²) in [6.07, 6.45) is 0.985. The molecule has 3 heteroatoms. The summed E-state index contributed by atoms with van der Waals surface area (Å²) >= 11 is 5.48. The number of thiocarbonyl (C=S) groups is 1. The fourth-order valence-corrected chi connectivity index (χ4v) is 2.61. The molecule has 116 valence electrons. The van der Waals surface area contributed by atoms with Gasteiger partial charge in [0.05, 0.1) is 0 Å². The molecule has 0 saturated carbocycles. The molecule has 2 aromatic rings. The zero-order valence-electron chi connectivity index (χ0n) is 13.6. The summed E-state index contributed by atoms with van der Waals surface area (Å²) in [5.41, 5.74) is 5.27. The predicted octanol–water partition coefficient (Wildman–Crippen LogP) is 3.85. The van der Waals surface area contributed by atoms with Gasteiger partial charge in [0.2, 0.25) is 0 Å². The van der Waals surface area contributed by atoms with Gasteiger partial charge in [-0.15, -0.1) is 0 Å². The molecule has 22 heavy (non-hydrogen) atoms. The van der Waals surface area contributed by atoms with E-state index in [1.54, 1.807) is 0 Å². The van der Waals surface area contributed by atoms with Crippen molar-refractivity contribution >= 4 is 17.3 Å². The van der Waals surface area contributed by atoms with E-state index >= 15 is 0 Å². The lowest BCUT2D eigenvalue weighted by atomic mass is 10.1. The molecule has 0 radical (unpaired) electrons. The molecule has 0 unspecified atom stereocenters. The van der Waals surface area contributed by atoms with Gasteiger partial charge >= 0.3 is 0 Å². The molecule has 0 aliphatic carbocycles. The van der Waals surface area contributed by atoms with Gasteiger partial charge in [-0.1, -0.05) is 54.1 Å². The van der Waals surface area contributed by atoms with E-state index in [0.29, 0.717) is 0 Å². The minimum atomic E-state index is 0.802. The van der Waals surface area contributed by atoms with E-state index in [-0.39, 0.29) is 0 Å². The van der Waals surface area contributed by atoms with E-state index < -0.39 is 0 Å². The molecule has 0 heterocycles. The Hall–Kier alpha value is -1.87. The van der Waals surface area contributed by atoms with Crippen LogP contribution in [0.4, 0.5) is 0 Å². The first-order valence-electron chi connectivity index (χ1n) is 7.65. The number of nitrogens with zero attached hydrogens (tertiary/aromatic N) is 1. The number of benzene rings is 2. The van der Waals surface area contributed by atoms with Crippen molar-refractivity contribution in [2.24, 2.45) is 0 Å². The topological polar surface area (TPSA) is 15.3 Å². The first-order chi connectivity index (χ1) is 10.6. The fraction of sp³-hybridized carbons (Fsp3) is 0.316. The molecule has 0 spiro atoms. The van der Waals surface area contributed by atoms with Crippen LogP contribution < -0.4 is 5.32 Å². The molecule has 2 aromatic carbocycles. The van der Waals surface area contributed by atoms with Crippen LogP contribution >= 0.6 is 12.2 Å². The minimum absolute atomic E-state index is 0.802. The smallest absolute Gasteiger partial charge is 0.168 e. The summed E-state index contributed by atoms with van der Waals surface area (Å²) in [6.45, 7) is 5.97. The molecule has 2 rings (SSSR count). The Bertz CT molecular complexity index is 623. The van der Waals surface area contributed by atoms with E-state index in [1.165, 1.54) is 22.3 Å². The quantitative estimate of drug-likeness (QED) is 0.844. The van der Waals surface area contributed by atoms with Crippen molar-refractivity contribution in [3.8, 4) is 0 Å². The second-order valence-electron chi connectivity index (χ2n) is 5.75. The predicted molar refractivity (Wildman–Crippen MR) is 98.1 cm³/mol. The average Bonchev–Trinajstić information content (AvgIpc) is 2.51. The molecule has 0 aromatic heterocycles. The van der Waals surface area contributed by atoms with Crippen molar-refractivity contribution in [2.45, 2.75) is 26.8 Å². The van der Waals surface area contributed by atoms with Gasteiger partial charge in [-0.25, -0.2) is 0 Å². The minimum Gasteiger partial charge on any atom is -0.362 e. The van der Waals surface area contributed by atoms with Crippen molar-refractivity contribution in [2.75, 3.05) is 13.6 Å². The van der Waals surface area contributed by atoms with Gasteiger partial charge in [0.1, 0.15) is 0 Å². The molecule has 1 N–H and O–H groups in total. The lowest BCUT2D eigenvalue weighted by Crippen LogP contribution is -2.37. The zero-order valence-corrected chi connectivity index (χ0v) is 14.4. The number of hydrogen-bond donors (Lipinski definition) is 1. The number of nitrogens with one attached hydrogen (secondary N) is 1. The standard InChI is InChI=1S/C19H24N2S/c1-15-9-10-18(16(2)13-15)14-21(3)19(22)20-12-11-17-7-5-4-6-8-17/h4-10,13H,11-12,14H2,1-3H3,(H,20,22). The van der Waals surface area contributed by atoms with E-state index in [9.17, 15) is 0 Å². The second kappa shape index (κ2) is 7.95. The molecule has 0 aliphatic rings. The van der Waals surface area contributed by atoms with Crippen LogP contribution in [0.15, 0.2) is 48.5 Å². The first-order valence-corrected chi connectivity index (χ1v) is 8.06. The largest absolute Gasteiger partial charge is 0.362 e. The molecule has 0 fully saturated rings. The van der Waals surface area contributed by atoms with E-state index in [1.807, 2.05) is 13.1 Å². The van der Waals surface area contributed by atoms with Gasteiger partial charge in [0.25, 0.3) is 0 Å². The highest BCUT2D eigenvalue weighted by Crippen LogP contribution is 2.12. The maximum atomic E-state index is 5.48. The van der Waals surface area contributed by atoms with Gasteiger partial charge in [-0.2, -0.15) is 0 Å². The Morgan fingerprint density at radius 1 is 1.09 bits per heavy atom. The third kappa shape index (κ3) is 4.85. The van der Waals surface area contributed by atoms with Crippen LogP contribution in [0.2, 0.25) is 0 Å². The van der Waals surface area contributed by atoms with Crippen molar-refractivity contribution in [1.29, 1.82) is 0 Å².